The summed E-state index contributed by atoms with van der Waals surface area (Å²) in [4.78, 5) is 36.5. The summed E-state index contributed by atoms with van der Waals surface area (Å²) < 4.78 is 15.3. The van der Waals surface area contributed by atoms with E-state index in [0.29, 0.717) is 12.8 Å². The molecule has 3 atom stereocenters. The maximum atomic E-state index is 12.6. The van der Waals surface area contributed by atoms with Crippen molar-refractivity contribution in [3.8, 4) is 0 Å². The first-order valence-electron chi connectivity index (χ1n) is 8.12. The van der Waals surface area contributed by atoms with Crippen molar-refractivity contribution < 1.29 is 28.6 Å². The number of benzene rings is 1. The second-order valence-corrected chi connectivity index (χ2v) is 6.29. The minimum atomic E-state index is -1.24. The van der Waals surface area contributed by atoms with Gasteiger partial charge in [-0.15, -0.1) is 0 Å². The van der Waals surface area contributed by atoms with Gasteiger partial charge in [-0.2, -0.15) is 0 Å². The number of carbonyl (C=O) groups is 3. The molecule has 132 valence electrons. The lowest BCUT2D eigenvalue weighted by molar-refractivity contribution is -0.168. The van der Waals surface area contributed by atoms with Crippen LogP contribution >= 0.6 is 0 Å². The molecular formula is C19H20O6. The molecule has 1 aromatic rings. The number of ether oxygens (including phenoxy) is 3. The van der Waals surface area contributed by atoms with E-state index in [0.717, 1.165) is 5.56 Å². The number of methoxy groups -OCH3 is 2. The average molecular weight is 344 g/mol. The van der Waals surface area contributed by atoms with E-state index in [9.17, 15) is 14.4 Å². The molecule has 0 saturated heterocycles. The summed E-state index contributed by atoms with van der Waals surface area (Å²) in [5.74, 6) is -2.73. The highest BCUT2D eigenvalue weighted by atomic mass is 16.6. The third-order valence-electron chi connectivity index (χ3n) is 4.86. The van der Waals surface area contributed by atoms with Crippen LogP contribution < -0.4 is 0 Å². The molecule has 0 bridgehead atoms. The normalized spacial score (nSPS) is 27.9. The lowest BCUT2D eigenvalue weighted by atomic mass is 9.95. The summed E-state index contributed by atoms with van der Waals surface area (Å²) in [6.45, 7) is 0. The fourth-order valence-corrected chi connectivity index (χ4v) is 3.55. The van der Waals surface area contributed by atoms with E-state index in [2.05, 4.69) is 9.47 Å². The molecule has 25 heavy (non-hydrogen) atoms. The summed E-state index contributed by atoms with van der Waals surface area (Å²) >= 11 is 0. The number of hydrogen-bond acceptors (Lipinski definition) is 6. The Labute approximate surface area is 145 Å². The van der Waals surface area contributed by atoms with E-state index in [1.165, 1.54) is 14.2 Å². The van der Waals surface area contributed by atoms with E-state index in [4.69, 9.17) is 4.74 Å². The Kier molecular flexibility index (Phi) is 4.72. The Morgan fingerprint density at radius 2 is 1.80 bits per heavy atom. The van der Waals surface area contributed by atoms with Gasteiger partial charge in [0.2, 0.25) is 0 Å². The van der Waals surface area contributed by atoms with E-state index in [1.807, 2.05) is 30.3 Å². The highest BCUT2D eigenvalue weighted by molar-refractivity contribution is 5.97. The molecule has 1 heterocycles. The number of hydrogen-bond donors (Lipinski definition) is 0. The van der Waals surface area contributed by atoms with E-state index < -0.39 is 29.6 Å². The van der Waals surface area contributed by atoms with Crippen LogP contribution in [0.25, 0.3) is 0 Å². The van der Waals surface area contributed by atoms with Gasteiger partial charge in [0.15, 0.2) is 11.7 Å². The predicted octanol–water partition coefficient (Wildman–Crippen LogP) is 1.79. The van der Waals surface area contributed by atoms with Crippen LogP contribution in [0.1, 0.15) is 24.3 Å². The summed E-state index contributed by atoms with van der Waals surface area (Å²) in [6.07, 6.45) is 3.23. The lowest BCUT2D eigenvalue weighted by Crippen LogP contribution is -2.41. The van der Waals surface area contributed by atoms with Gasteiger partial charge in [-0.05, 0) is 24.0 Å². The molecule has 0 radical (unpaired) electrons. The highest BCUT2D eigenvalue weighted by Crippen LogP contribution is 2.45. The smallest absolute Gasteiger partial charge is 0.323 e. The molecule has 1 aromatic carbocycles. The van der Waals surface area contributed by atoms with Gasteiger partial charge < -0.3 is 14.2 Å². The van der Waals surface area contributed by atoms with Gasteiger partial charge in [0, 0.05) is 6.42 Å². The standard InChI is InChI=1S/C19H20O6/c1-23-17(21)16(18(22)24-2)14-8-9-19(25-14)11-13(10-15(19)20)12-6-4-3-5-7-12/h3-9,13-14,16H,10-11H2,1-2H3/t13-,14-,19-/m0/s1. The van der Waals surface area contributed by atoms with E-state index >= 15 is 0 Å². The SMILES string of the molecule is COC(=O)C(C(=O)OC)[C@@H]1C=C[C@@]2(C[C@@H](c3ccccc3)CC2=O)O1. The second kappa shape index (κ2) is 6.80. The van der Waals surface area contributed by atoms with Gasteiger partial charge in [-0.25, -0.2) is 0 Å². The predicted molar refractivity (Wildman–Crippen MR) is 87.7 cm³/mol. The largest absolute Gasteiger partial charge is 0.468 e. The summed E-state index contributed by atoms with van der Waals surface area (Å²) in [5, 5.41) is 0. The van der Waals surface area contributed by atoms with Gasteiger partial charge in [0.25, 0.3) is 0 Å². The Morgan fingerprint density at radius 3 is 2.40 bits per heavy atom. The lowest BCUT2D eigenvalue weighted by Gasteiger charge is -2.25. The third kappa shape index (κ3) is 3.09. The number of esters is 2. The molecule has 3 rings (SSSR count). The van der Waals surface area contributed by atoms with E-state index in [-0.39, 0.29) is 11.7 Å². The van der Waals surface area contributed by atoms with E-state index in [1.54, 1.807) is 12.2 Å². The molecule has 0 unspecified atom stereocenters. The van der Waals surface area contributed by atoms with Crippen LogP contribution in [-0.2, 0) is 28.6 Å². The monoisotopic (exact) mass is 344 g/mol. The zero-order valence-electron chi connectivity index (χ0n) is 14.1. The van der Waals surface area contributed by atoms with Crippen molar-refractivity contribution in [2.75, 3.05) is 14.2 Å². The van der Waals surface area contributed by atoms with Crippen molar-refractivity contribution in [3.05, 3.63) is 48.0 Å². The highest BCUT2D eigenvalue weighted by Gasteiger charge is 2.53. The van der Waals surface area contributed by atoms with Gasteiger partial charge in [0.1, 0.15) is 11.7 Å². The Morgan fingerprint density at radius 1 is 1.16 bits per heavy atom. The average Bonchev–Trinajstić information content (AvgIpc) is 3.20. The zero-order chi connectivity index (χ0) is 18.0. The first-order chi connectivity index (χ1) is 12.0. The fourth-order valence-electron chi connectivity index (χ4n) is 3.55. The third-order valence-corrected chi connectivity index (χ3v) is 4.86. The minimum absolute atomic E-state index is 0.0476. The van der Waals surface area contributed by atoms with Crippen molar-refractivity contribution in [1.82, 2.24) is 0 Å². The number of ketones is 1. The Hall–Kier alpha value is -2.47. The molecule has 1 fully saturated rings. The van der Waals surface area contributed by atoms with Gasteiger partial charge in [0.05, 0.1) is 14.2 Å². The Bertz CT molecular complexity index is 694. The molecule has 1 aliphatic carbocycles. The topological polar surface area (TPSA) is 78.9 Å². The van der Waals surface area contributed by atoms with Crippen LogP contribution in [0, 0.1) is 5.92 Å². The summed E-state index contributed by atoms with van der Waals surface area (Å²) in [5.41, 5.74) is -0.0171. The number of Topliss-reactive ketones (excluding diaryl/α,β-unsaturated/α-hetero) is 1. The molecule has 6 nitrogen and oxygen atoms in total. The minimum Gasteiger partial charge on any atom is -0.468 e. The summed E-state index contributed by atoms with van der Waals surface area (Å²) in [6, 6.07) is 9.76. The van der Waals surface area contributed by atoms with Crippen LogP contribution in [0.2, 0.25) is 0 Å². The molecule has 2 aliphatic rings. The second-order valence-electron chi connectivity index (χ2n) is 6.29. The first kappa shape index (κ1) is 17.4. The first-order valence-corrected chi connectivity index (χ1v) is 8.12. The van der Waals surface area contributed by atoms with Crippen LogP contribution in [-0.4, -0.2) is 43.6 Å². The zero-order valence-corrected chi connectivity index (χ0v) is 14.1. The van der Waals surface area contributed by atoms with Gasteiger partial charge in [-0.1, -0.05) is 36.4 Å². The molecule has 0 amide bonds. The molecule has 0 aromatic heterocycles. The van der Waals surface area contributed by atoms with Crippen LogP contribution in [0.5, 0.6) is 0 Å². The molecule has 6 heteroatoms. The molecular weight excluding hydrogens is 324 g/mol. The maximum Gasteiger partial charge on any atom is 0.323 e. The fraction of sp³-hybridized carbons (Fsp3) is 0.421. The Balaban J connectivity index is 1.79. The molecule has 1 spiro atoms. The number of rotatable bonds is 4. The van der Waals surface area contributed by atoms with Crippen molar-refractivity contribution in [2.24, 2.45) is 5.92 Å². The molecule has 1 saturated carbocycles. The summed E-state index contributed by atoms with van der Waals surface area (Å²) in [7, 11) is 2.39. The van der Waals surface area contributed by atoms with Crippen molar-refractivity contribution >= 4 is 17.7 Å². The van der Waals surface area contributed by atoms with Crippen molar-refractivity contribution in [3.63, 3.8) is 0 Å². The van der Waals surface area contributed by atoms with Crippen LogP contribution in [0.3, 0.4) is 0 Å². The maximum absolute atomic E-state index is 12.6. The van der Waals surface area contributed by atoms with Gasteiger partial charge >= 0.3 is 11.9 Å². The molecule has 0 N–H and O–H groups in total. The van der Waals surface area contributed by atoms with Crippen molar-refractivity contribution in [2.45, 2.75) is 30.5 Å². The van der Waals surface area contributed by atoms with Crippen LogP contribution in [0.15, 0.2) is 42.5 Å². The number of carbonyl (C=O) groups excluding carboxylic acids is 3. The van der Waals surface area contributed by atoms with Crippen molar-refractivity contribution in [1.29, 1.82) is 0 Å². The van der Waals surface area contributed by atoms with Crippen LogP contribution in [0.4, 0.5) is 0 Å². The van der Waals surface area contributed by atoms with Gasteiger partial charge in [-0.3, -0.25) is 14.4 Å². The molecule has 1 aliphatic heterocycles. The quantitative estimate of drug-likeness (QED) is 0.471.